The van der Waals surface area contributed by atoms with E-state index in [1.165, 1.54) is 12.8 Å². The molecule has 4 nitrogen and oxygen atoms in total. The van der Waals surface area contributed by atoms with Crippen LogP contribution in [0.4, 0.5) is 0 Å². The number of ether oxygens (including phenoxy) is 1. The summed E-state index contributed by atoms with van der Waals surface area (Å²) in [5.74, 6) is 0. The Hall–Kier alpha value is -0.160. The van der Waals surface area contributed by atoms with Crippen LogP contribution in [-0.4, -0.2) is 61.5 Å². The Bertz CT molecular complexity index is 177. The van der Waals surface area contributed by atoms with Gasteiger partial charge in [0.1, 0.15) is 0 Å². The van der Waals surface area contributed by atoms with Crippen LogP contribution in [0.2, 0.25) is 0 Å². The zero-order chi connectivity index (χ0) is 10.5. The van der Waals surface area contributed by atoms with Gasteiger partial charge < -0.3 is 15.2 Å². The Morgan fingerprint density at radius 1 is 1.33 bits per heavy atom. The van der Waals surface area contributed by atoms with Crippen molar-refractivity contribution in [3.63, 3.8) is 0 Å². The standard InChI is InChI=1S/C11H22N2O2/c14-9-11(12-10-2-3-10)8-13-4-1-6-15-7-5-13/h10-12,14H,1-9H2. The molecule has 15 heavy (non-hydrogen) atoms. The lowest BCUT2D eigenvalue weighted by molar-refractivity contribution is 0.134. The summed E-state index contributed by atoms with van der Waals surface area (Å²) in [6, 6.07) is 0.918. The van der Waals surface area contributed by atoms with E-state index < -0.39 is 0 Å². The van der Waals surface area contributed by atoms with Gasteiger partial charge in [0, 0.05) is 38.3 Å². The van der Waals surface area contributed by atoms with Gasteiger partial charge in [0.25, 0.3) is 0 Å². The quantitative estimate of drug-likeness (QED) is 0.666. The van der Waals surface area contributed by atoms with Gasteiger partial charge in [0.15, 0.2) is 0 Å². The number of nitrogens with one attached hydrogen (secondary N) is 1. The lowest BCUT2D eigenvalue weighted by Gasteiger charge is -2.25. The van der Waals surface area contributed by atoms with Crippen molar-refractivity contribution >= 4 is 0 Å². The van der Waals surface area contributed by atoms with Crippen molar-refractivity contribution in [1.29, 1.82) is 0 Å². The summed E-state index contributed by atoms with van der Waals surface area (Å²) in [4.78, 5) is 2.39. The maximum absolute atomic E-state index is 9.28. The maximum atomic E-state index is 9.28. The van der Waals surface area contributed by atoms with Gasteiger partial charge in [-0.1, -0.05) is 0 Å². The zero-order valence-corrected chi connectivity index (χ0v) is 9.32. The van der Waals surface area contributed by atoms with Gasteiger partial charge in [0.2, 0.25) is 0 Å². The van der Waals surface area contributed by atoms with E-state index in [9.17, 15) is 5.11 Å². The average molecular weight is 214 g/mol. The predicted molar refractivity (Wildman–Crippen MR) is 58.9 cm³/mol. The van der Waals surface area contributed by atoms with E-state index in [0.717, 1.165) is 39.3 Å². The molecule has 1 saturated carbocycles. The molecular weight excluding hydrogens is 192 g/mol. The molecule has 0 aromatic carbocycles. The Balaban J connectivity index is 1.70. The monoisotopic (exact) mass is 214 g/mol. The van der Waals surface area contributed by atoms with E-state index in [4.69, 9.17) is 4.74 Å². The minimum absolute atomic E-state index is 0.244. The first-order chi connectivity index (χ1) is 7.38. The summed E-state index contributed by atoms with van der Waals surface area (Å²) < 4.78 is 5.41. The van der Waals surface area contributed by atoms with Crippen molar-refractivity contribution in [3.05, 3.63) is 0 Å². The molecule has 0 spiro atoms. The van der Waals surface area contributed by atoms with Crippen LogP contribution in [0.25, 0.3) is 0 Å². The van der Waals surface area contributed by atoms with Gasteiger partial charge in [-0.3, -0.25) is 4.90 Å². The molecule has 0 bridgehead atoms. The second kappa shape index (κ2) is 5.80. The van der Waals surface area contributed by atoms with Gasteiger partial charge in [-0.25, -0.2) is 0 Å². The molecule has 4 heteroatoms. The van der Waals surface area contributed by atoms with Crippen LogP contribution in [0.1, 0.15) is 19.3 Å². The van der Waals surface area contributed by atoms with Crippen molar-refractivity contribution < 1.29 is 9.84 Å². The predicted octanol–water partition coefficient (Wildman–Crippen LogP) is -0.178. The van der Waals surface area contributed by atoms with Crippen molar-refractivity contribution in [2.24, 2.45) is 0 Å². The molecule has 2 fully saturated rings. The maximum Gasteiger partial charge on any atom is 0.0597 e. The highest BCUT2D eigenvalue weighted by Gasteiger charge is 2.25. The third kappa shape index (κ3) is 4.07. The van der Waals surface area contributed by atoms with Crippen molar-refractivity contribution in [1.82, 2.24) is 10.2 Å². The molecule has 2 aliphatic rings. The lowest BCUT2D eigenvalue weighted by atomic mass is 10.2. The molecule has 1 aliphatic carbocycles. The first kappa shape index (κ1) is 11.3. The number of hydrogen-bond acceptors (Lipinski definition) is 4. The van der Waals surface area contributed by atoms with Crippen LogP contribution in [0.3, 0.4) is 0 Å². The average Bonchev–Trinajstić information content (AvgIpc) is 3.04. The van der Waals surface area contributed by atoms with Gasteiger partial charge in [0.05, 0.1) is 13.2 Å². The van der Waals surface area contributed by atoms with Crippen molar-refractivity contribution in [2.45, 2.75) is 31.3 Å². The summed E-state index contributed by atoms with van der Waals surface area (Å²) >= 11 is 0. The summed E-state index contributed by atoms with van der Waals surface area (Å²) in [5, 5.41) is 12.8. The second-order valence-corrected chi connectivity index (χ2v) is 4.59. The highest BCUT2D eigenvalue weighted by Crippen LogP contribution is 2.19. The van der Waals surface area contributed by atoms with Crippen molar-refractivity contribution in [3.8, 4) is 0 Å². The van der Waals surface area contributed by atoms with E-state index in [2.05, 4.69) is 10.2 Å². The number of aliphatic hydroxyl groups excluding tert-OH is 1. The topological polar surface area (TPSA) is 44.7 Å². The van der Waals surface area contributed by atoms with Crippen LogP contribution in [0.5, 0.6) is 0 Å². The van der Waals surface area contributed by atoms with E-state index in [1.807, 2.05) is 0 Å². The largest absolute Gasteiger partial charge is 0.395 e. The molecule has 1 heterocycles. The zero-order valence-electron chi connectivity index (χ0n) is 9.32. The molecule has 2 N–H and O–H groups in total. The van der Waals surface area contributed by atoms with Gasteiger partial charge in [-0.05, 0) is 19.3 Å². The van der Waals surface area contributed by atoms with Crippen LogP contribution >= 0.6 is 0 Å². The molecule has 0 aromatic rings. The van der Waals surface area contributed by atoms with E-state index in [1.54, 1.807) is 0 Å². The Kier molecular flexibility index (Phi) is 4.38. The Morgan fingerprint density at radius 2 is 2.20 bits per heavy atom. The minimum atomic E-state index is 0.244. The van der Waals surface area contributed by atoms with Crippen LogP contribution in [0, 0.1) is 0 Å². The third-order valence-electron chi connectivity index (χ3n) is 3.06. The molecule has 1 aliphatic heterocycles. The molecule has 0 amide bonds. The van der Waals surface area contributed by atoms with Gasteiger partial charge in [-0.2, -0.15) is 0 Å². The van der Waals surface area contributed by atoms with Crippen LogP contribution < -0.4 is 5.32 Å². The second-order valence-electron chi connectivity index (χ2n) is 4.59. The van der Waals surface area contributed by atoms with E-state index in [0.29, 0.717) is 6.04 Å². The van der Waals surface area contributed by atoms with E-state index >= 15 is 0 Å². The summed E-state index contributed by atoms with van der Waals surface area (Å²) in [6.45, 7) is 5.02. The number of rotatable bonds is 5. The van der Waals surface area contributed by atoms with Crippen molar-refractivity contribution in [2.75, 3.05) is 39.5 Å². The first-order valence-corrected chi connectivity index (χ1v) is 6.05. The number of nitrogens with zero attached hydrogens (tertiary/aromatic N) is 1. The van der Waals surface area contributed by atoms with E-state index in [-0.39, 0.29) is 12.6 Å². The third-order valence-corrected chi connectivity index (χ3v) is 3.06. The summed E-state index contributed by atoms with van der Waals surface area (Å²) in [6.07, 6.45) is 3.67. The fourth-order valence-electron chi connectivity index (χ4n) is 2.04. The lowest BCUT2D eigenvalue weighted by Crippen LogP contribution is -2.45. The highest BCUT2D eigenvalue weighted by molar-refractivity contribution is 4.86. The number of hydrogen-bond donors (Lipinski definition) is 2. The number of aliphatic hydroxyl groups is 1. The molecule has 2 rings (SSSR count). The molecule has 0 radical (unpaired) electrons. The molecule has 0 aromatic heterocycles. The normalized spacial score (nSPS) is 26.2. The minimum Gasteiger partial charge on any atom is -0.395 e. The molecule has 1 saturated heterocycles. The fraction of sp³-hybridized carbons (Fsp3) is 1.00. The van der Waals surface area contributed by atoms with Gasteiger partial charge in [-0.15, -0.1) is 0 Å². The fourth-order valence-corrected chi connectivity index (χ4v) is 2.04. The van der Waals surface area contributed by atoms with Crippen LogP contribution in [-0.2, 0) is 4.74 Å². The van der Waals surface area contributed by atoms with Gasteiger partial charge >= 0.3 is 0 Å². The Labute approximate surface area is 91.6 Å². The smallest absolute Gasteiger partial charge is 0.0597 e. The molecular formula is C11H22N2O2. The highest BCUT2D eigenvalue weighted by atomic mass is 16.5. The first-order valence-electron chi connectivity index (χ1n) is 6.05. The SMILES string of the molecule is OCC(CN1CCCOCC1)NC1CC1. The summed E-state index contributed by atoms with van der Waals surface area (Å²) in [7, 11) is 0. The van der Waals surface area contributed by atoms with Crippen LogP contribution in [0.15, 0.2) is 0 Å². The molecule has 1 unspecified atom stereocenters. The Morgan fingerprint density at radius 3 is 2.93 bits per heavy atom. The molecule has 1 atom stereocenters. The molecule has 88 valence electrons. The summed E-state index contributed by atoms with van der Waals surface area (Å²) in [5.41, 5.74) is 0.